The van der Waals surface area contributed by atoms with Crippen molar-refractivity contribution in [1.29, 1.82) is 0 Å². The normalized spacial score (nSPS) is 15.0. The van der Waals surface area contributed by atoms with Crippen molar-refractivity contribution in [2.45, 2.75) is 78.4 Å². The van der Waals surface area contributed by atoms with Crippen LogP contribution in [0.25, 0.3) is 0 Å². The van der Waals surface area contributed by atoms with Gasteiger partial charge in [0, 0.05) is 37.8 Å². The van der Waals surface area contributed by atoms with Crippen LogP contribution >= 0.6 is 0 Å². The van der Waals surface area contributed by atoms with Gasteiger partial charge in [0.2, 0.25) is 0 Å². The molecule has 1 N–H and O–H groups in total. The van der Waals surface area contributed by atoms with Gasteiger partial charge in [0.1, 0.15) is 5.82 Å². The van der Waals surface area contributed by atoms with Crippen LogP contribution in [0.3, 0.4) is 0 Å². The Hall–Kier alpha value is -1.03. The van der Waals surface area contributed by atoms with E-state index in [9.17, 15) is 0 Å². The molecule has 0 saturated heterocycles. The zero-order valence-electron chi connectivity index (χ0n) is 14.4. The summed E-state index contributed by atoms with van der Waals surface area (Å²) in [6, 6.07) is 1.25. The Morgan fingerprint density at radius 2 is 2.05 bits per heavy atom. The second-order valence-corrected chi connectivity index (χ2v) is 6.66. The molecule has 1 aromatic rings. The minimum atomic E-state index is 0.510. The summed E-state index contributed by atoms with van der Waals surface area (Å²) in [6.45, 7) is 11.0. The summed E-state index contributed by atoms with van der Waals surface area (Å²) < 4.78 is 2.07. The van der Waals surface area contributed by atoms with Crippen molar-refractivity contribution in [2.75, 3.05) is 11.4 Å². The van der Waals surface area contributed by atoms with Crippen LogP contribution in [0.4, 0.5) is 5.82 Å². The van der Waals surface area contributed by atoms with Gasteiger partial charge >= 0.3 is 0 Å². The average Bonchev–Trinajstić information content (AvgIpc) is 3.20. The number of aromatic nitrogens is 2. The highest BCUT2D eigenvalue weighted by molar-refractivity contribution is 5.51. The lowest BCUT2D eigenvalue weighted by Gasteiger charge is -2.30. The van der Waals surface area contributed by atoms with Crippen LogP contribution in [0.2, 0.25) is 0 Å². The molecule has 0 atom stereocenters. The summed E-state index contributed by atoms with van der Waals surface area (Å²) in [5, 5.41) is 8.32. The molecule has 0 aliphatic heterocycles. The molecule has 1 saturated carbocycles. The van der Waals surface area contributed by atoms with Gasteiger partial charge in [0.15, 0.2) is 0 Å². The molecule has 4 heteroatoms. The van der Waals surface area contributed by atoms with Crippen LogP contribution in [-0.2, 0) is 13.6 Å². The molecule has 1 aliphatic carbocycles. The molecule has 0 spiro atoms. The maximum atomic E-state index is 4.68. The standard InChI is InChI=1S/C17H32N4/c1-6-7-8-11-21(13(2)3)17-16(12-18-15-9-10-15)14(4)19-20(17)5/h13,15,18H,6-12H2,1-5H3. The number of hydrogen-bond donors (Lipinski definition) is 1. The molecule has 0 unspecified atom stereocenters. The van der Waals surface area contributed by atoms with Crippen LogP contribution in [0.15, 0.2) is 0 Å². The van der Waals surface area contributed by atoms with Crippen molar-refractivity contribution in [3.63, 3.8) is 0 Å². The number of nitrogens with zero attached hydrogens (tertiary/aromatic N) is 3. The van der Waals surface area contributed by atoms with Crippen molar-refractivity contribution < 1.29 is 0 Å². The number of aryl methyl sites for hydroxylation is 2. The third-order valence-electron chi connectivity index (χ3n) is 4.36. The third kappa shape index (κ3) is 4.22. The van der Waals surface area contributed by atoms with E-state index in [0.29, 0.717) is 6.04 Å². The largest absolute Gasteiger partial charge is 0.354 e. The Morgan fingerprint density at radius 3 is 2.62 bits per heavy atom. The van der Waals surface area contributed by atoms with Crippen molar-refractivity contribution in [3.8, 4) is 0 Å². The van der Waals surface area contributed by atoms with Gasteiger partial charge in [-0.15, -0.1) is 0 Å². The first kappa shape index (κ1) is 16.3. The second kappa shape index (κ2) is 7.30. The molecule has 0 amide bonds. The molecule has 2 rings (SSSR count). The number of hydrogen-bond acceptors (Lipinski definition) is 3. The minimum absolute atomic E-state index is 0.510. The van der Waals surface area contributed by atoms with Crippen LogP contribution in [0.1, 0.15) is 64.1 Å². The zero-order valence-corrected chi connectivity index (χ0v) is 14.4. The van der Waals surface area contributed by atoms with E-state index in [1.807, 2.05) is 0 Å². The molecule has 1 fully saturated rings. The first-order valence-corrected chi connectivity index (χ1v) is 8.57. The van der Waals surface area contributed by atoms with Crippen LogP contribution in [0.5, 0.6) is 0 Å². The Kier molecular flexibility index (Phi) is 5.68. The van der Waals surface area contributed by atoms with Crippen molar-refractivity contribution in [3.05, 3.63) is 11.3 Å². The van der Waals surface area contributed by atoms with E-state index < -0.39 is 0 Å². The lowest BCUT2D eigenvalue weighted by Crippen LogP contribution is -2.34. The van der Waals surface area contributed by atoms with Crippen LogP contribution in [0, 0.1) is 6.92 Å². The zero-order chi connectivity index (χ0) is 15.4. The lowest BCUT2D eigenvalue weighted by molar-refractivity contribution is 0.594. The van der Waals surface area contributed by atoms with Crippen molar-refractivity contribution in [2.24, 2.45) is 7.05 Å². The summed E-state index contributed by atoms with van der Waals surface area (Å²) in [5.74, 6) is 1.31. The Balaban J connectivity index is 2.16. The third-order valence-corrected chi connectivity index (χ3v) is 4.36. The van der Waals surface area contributed by atoms with Crippen molar-refractivity contribution >= 4 is 5.82 Å². The van der Waals surface area contributed by atoms with Gasteiger partial charge in [0.25, 0.3) is 0 Å². The highest BCUT2D eigenvalue weighted by atomic mass is 15.4. The molecule has 120 valence electrons. The fourth-order valence-electron chi connectivity index (χ4n) is 2.93. The average molecular weight is 292 g/mol. The Labute approximate surface area is 129 Å². The summed E-state index contributed by atoms with van der Waals surface area (Å²) in [5.41, 5.74) is 2.55. The van der Waals surface area contributed by atoms with Gasteiger partial charge in [-0.2, -0.15) is 5.10 Å². The molecular weight excluding hydrogens is 260 g/mol. The van der Waals surface area contributed by atoms with E-state index in [1.165, 1.54) is 49.2 Å². The first-order chi connectivity index (χ1) is 10.0. The lowest BCUT2D eigenvalue weighted by atomic mass is 10.1. The molecule has 0 radical (unpaired) electrons. The molecule has 0 bridgehead atoms. The molecule has 0 aromatic carbocycles. The summed E-state index contributed by atoms with van der Waals surface area (Å²) in [4.78, 5) is 2.53. The van der Waals surface area contributed by atoms with E-state index in [1.54, 1.807) is 0 Å². The van der Waals surface area contributed by atoms with Gasteiger partial charge in [0.05, 0.1) is 5.69 Å². The topological polar surface area (TPSA) is 33.1 Å². The van der Waals surface area contributed by atoms with Crippen LogP contribution < -0.4 is 10.2 Å². The van der Waals surface area contributed by atoms with Crippen LogP contribution in [-0.4, -0.2) is 28.4 Å². The van der Waals surface area contributed by atoms with E-state index >= 15 is 0 Å². The minimum Gasteiger partial charge on any atom is -0.354 e. The Bertz CT molecular complexity index is 446. The number of anilines is 1. The summed E-state index contributed by atoms with van der Waals surface area (Å²) in [7, 11) is 2.08. The van der Waals surface area contributed by atoms with E-state index in [2.05, 4.69) is 54.7 Å². The molecular formula is C17H32N4. The highest BCUT2D eigenvalue weighted by Gasteiger charge is 2.24. The predicted molar refractivity (Wildman–Crippen MR) is 89.8 cm³/mol. The second-order valence-electron chi connectivity index (χ2n) is 6.66. The van der Waals surface area contributed by atoms with Gasteiger partial charge < -0.3 is 10.2 Å². The van der Waals surface area contributed by atoms with Gasteiger partial charge in [-0.1, -0.05) is 19.8 Å². The number of unbranched alkanes of at least 4 members (excludes halogenated alkanes) is 2. The van der Waals surface area contributed by atoms with Crippen molar-refractivity contribution in [1.82, 2.24) is 15.1 Å². The molecule has 21 heavy (non-hydrogen) atoms. The molecule has 1 aliphatic rings. The monoisotopic (exact) mass is 292 g/mol. The fraction of sp³-hybridized carbons (Fsp3) is 0.824. The smallest absolute Gasteiger partial charge is 0.131 e. The molecule has 1 heterocycles. The highest BCUT2D eigenvalue weighted by Crippen LogP contribution is 2.27. The van der Waals surface area contributed by atoms with Gasteiger partial charge in [-0.05, 0) is 40.0 Å². The van der Waals surface area contributed by atoms with E-state index in [0.717, 1.165) is 19.1 Å². The Morgan fingerprint density at radius 1 is 1.33 bits per heavy atom. The maximum absolute atomic E-state index is 4.68. The summed E-state index contributed by atoms with van der Waals surface area (Å²) in [6.07, 6.45) is 6.49. The number of nitrogens with one attached hydrogen (secondary N) is 1. The fourth-order valence-corrected chi connectivity index (χ4v) is 2.93. The molecule has 4 nitrogen and oxygen atoms in total. The SMILES string of the molecule is CCCCCN(c1c(CNC2CC2)c(C)nn1C)C(C)C. The van der Waals surface area contributed by atoms with Gasteiger partial charge in [-0.25, -0.2) is 0 Å². The molecule has 1 aromatic heterocycles. The number of rotatable bonds is 9. The van der Waals surface area contributed by atoms with E-state index in [-0.39, 0.29) is 0 Å². The van der Waals surface area contributed by atoms with E-state index in [4.69, 9.17) is 0 Å². The quantitative estimate of drug-likeness (QED) is 0.708. The maximum Gasteiger partial charge on any atom is 0.131 e. The first-order valence-electron chi connectivity index (χ1n) is 8.57. The summed E-state index contributed by atoms with van der Waals surface area (Å²) >= 11 is 0. The van der Waals surface area contributed by atoms with Gasteiger partial charge in [-0.3, -0.25) is 4.68 Å². The predicted octanol–water partition coefficient (Wildman–Crippen LogP) is 3.39.